The lowest BCUT2D eigenvalue weighted by Crippen LogP contribution is -2.41. The number of nitrogens with zero attached hydrogens (tertiary/aromatic N) is 2. The van der Waals surface area contributed by atoms with Crippen LogP contribution >= 0.6 is 0 Å². The molecule has 0 aromatic carbocycles. The van der Waals surface area contributed by atoms with Gasteiger partial charge in [-0.05, 0) is 76.6 Å². The largest absolute Gasteiger partial charge is 0.376 e. The van der Waals surface area contributed by atoms with Gasteiger partial charge in [0, 0.05) is 37.5 Å². The van der Waals surface area contributed by atoms with Crippen LogP contribution in [-0.2, 0) is 9.53 Å². The molecule has 0 aliphatic carbocycles. The first-order chi connectivity index (χ1) is 15.4. The van der Waals surface area contributed by atoms with Crippen molar-refractivity contribution < 1.29 is 9.53 Å². The van der Waals surface area contributed by atoms with E-state index in [1.165, 1.54) is 0 Å². The lowest BCUT2D eigenvalue weighted by molar-refractivity contribution is -0.120. The summed E-state index contributed by atoms with van der Waals surface area (Å²) in [6.45, 7) is 8.88. The maximum atomic E-state index is 12.6. The van der Waals surface area contributed by atoms with Crippen LogP contribution in [0.3, 0.4) is 0 Å². The summed E-state index contributed by atoms with van der Waals surface area (Å²) in [5.41, 5.74) is 1.74. The van der Waals surface area contributed by atoms with Crippen molar-refractivity contribution in [3.63, 3.8) is 0 Å². The first-order valence-electron chi connectivity index (χ1n) is 11.7. The third kappa shape index (κ3) is 6.04. The predicted octanol–water partition coefficient (Wildman–Crippen LogP) is 4.09. The van der Waals surface area contributed by atoms with Crippen molar-refractivity contribution in [3.8, 4) is 11.3 Å². The minimum absolute atomic E-state index is 0.0162. The molecule has 0 spiro atoms. The number of carbonyl (C=O) groups excluding carboxylic acids is 1. The highest BCUT2D eigenvalue weighted by atomic mass is 16.5. The minimum Gasteiger partial charge on any atom is -0.376 e. The average Bonchev–Trinajstić information content (AvgIpc) is 2.78. The normalized spacial score (nSPS) is 25.2. The molecule has 2 fully saturated rings. The monoisotopic (exact) mass is 437 g/mol. The highest BCUT2D eigenvalue weighted by Crippen LogP contribution is 2.29. The standard InChI is InChI=1S/C25H35N5O2/c1-17-7-8-20(16-27-17)24(31)30-23-13-19(9-11-26-23)21-5-4-6-22(29-21)28-15-18-10-12-32-25(2,3)14-18/h4-6,9,11,13,17-18,20,27H,7-8,10,12,14-16H2,1-3H3,(H,28,29)(H,26,30,31)/t17-,18+,20-/m0/s1. The Morgan fingerprint density at radius 3 is 2.88 bits per heavy atom. The number of piperidine rings is 1. The summed E-state index contributed by atoms with van der Waals surface area (Å²) < 4.78 is 5.82. The number of rotatable bonds is 6. The summed E-state index contributed by atoms with van der Waals surface area (Å²) in [6, 6.07) is 10.3. The van der Waals surface area contributed by atoms with Gasteiger partial charge >= 0.3 is 0 Å². The van der Waals surface area contributed by atoms with Crippen LogP contribution in [0.4, 0.5) is 11.6 Å². The molecule has 172 valence electrons. The number of aromatic nitrogens is 2. The van der Waals surface area contributed by atoms with Crippen LogP contribution in [-0.4, -0.2) is 47.2 Å². The second-order valence-electron chi connectivity index (χ2n) is 9.76. The number of anilines is 2. The Kier molecular flexibility index (Phi) is 7.06. The third-order valence-electron chi connectivity index (χ3n) is 6.46. The molecule has 0 radical (unpaired) electrons. The fraction of sp³-hybridized carbons (Fsp3) is 0.560. The van der Waals surface area contributed by atoms with Crippen LogP contribution in [0.25, 0.3) is 11.3 Å². The van der Waals surface area contributed by atoms with Crippen molar-refractivity contribution in [3.05, 3.63) is 36.5 Å². The Hall–Kier alpha value is -2.51. The first-order valence-corrected chi connectivity index (χ1v) is 11.7. The van der Waals surface area contributed by atoms with Crippen molar-refractivity contribution in [1.82, 2.24) is 15.3 Å². The van der Waals surface area contributed by atoms with Crippen molar-refractivity contribution >= 4 is 17.5 Å². The number of hydrogen-bond acceptors (Lipinski definition) is 6. The minimum atomic E-state index is -0.0519. The zero-order valence-corrected chi connectivity index (χ0v) is 19.4. The summed E-state index contributed by atoms with van der Waals surface area (Å²) in [6.07, 6.45) is 5.75. The van der Waals surface area contributed by atoms with E-state index in [2.05, 4.69) is 41.7 Å². The maximum absolute atomic E-state index is 12.6. The topological polar surface area (TPSA) is 88.2 Å². The van der Waals surface area contributed by atoms with E-state index in [0.29, 0.717) is 24.3 Å². The van der Waals surface area contributed by atoms with Gasteiger partial charge < -0.3 is 20.7 Å². The van der Waals surface area contributed by atoms with Crippen LogP contribution < -0.4 is 16.0 Å². The molecule has 32 heavy (non-hydrogen) atoms. The molecule has 7 heteroatoms. The van der Waals surface area contributed by atoms with Gasteiger partial charge in [-0.25, -0.2) is 9.97 Å². The van der Waals surface area contributed by atoms with Crippen LogP contribution in [0, 0.1) is 11.8 Å². The summed E-state index contributed by atoms with van der Waals surface area (Å²) in [5.74, 6) is 2.01. The number of amides is 1. The number of ether oxygens (including phenoxy) is 1. The molecule has 4 heterocycles. The Morgan fingerprint density at radius 1 is 1.22 bits per heavy atom. The lowest BCUT2D eigenvalue weighted by Gasteiger charge is -2.35. The van der Waals surface area contributed by atoms with E-state index in [9.17, 15) is 4.79 Å². The zero-order valence-electron chi connectivity index (χ0n) is 19.4. The van der Waals surface area contributed by atoms with E-state index in [1.807, 2.05) is 30.3 Å². The Morgan fingerprint density at radius 2 is 2.09 bits per heavy atom. The van der Waals surface area contributed by atoms with Gasteiger partial charge in [-0.2, -0.15) is 0 Å². The molecule has 3 atom stereocenters. The second-order valence-corrected chi connectivity index (χ2v) is 9.76. The van der Waals surface area contributed by atoms with Gasteiger partial charge in [0.15, 0.2) is 0 Å². The van der Waals surface area contributed by atoms with E-state index in [0.717, 1.165) is 55.9 Å². The fourth-order valence-corrected chi connectivity index (χ4v) is 4.58. The molecule has 2 aromatic rings. The molecule has 2 aromatic heterocycles. The lowest BCUT2D eigenvalue weighted by atomic mass is 9.88. The molecule has 7 nitrogen and oxygen atoms in total. The van der Waals surface area contributed by atoms with Crippen LogP contribution in [0.15, 0.2) is 36.5 Å². The third-order valence-corrected chi connectivity index (χ3v) is 6.46. The average molecular weight is 438 g/mol. The molecule has 0 unspecified atom stereocenters. The highest BCUT2D eigenvalue weighted by Gasteiger charge is 2.28. The van der Waals surface area contributed by atoms with Gasteiger partial charge in [0.2, 0.25) is 5.91 Å². The molecule has 0 bridgehead atoms. The number of carbonyl (C=O) groups is 1. The van der Waals surface area contributed by atoms with Crippen LogP contribution in [0.5, 0.6) is 0 Å². The molecule has 1 amide bonds. The Balaban J connectivity index is 1.38. The quantitative estimate of drug-likeness (QED) is 0.631. The van der Waals surface area contributed by atoms with Crippen LogP contribution in [0.1, 0.15) is 46.5 Å². The summed E-state index contributed by atoms with van der Waals surface area (Å²) in [5, 5.41) is 9.86. The first kappa shape index (κ1) is 22.7. The fourth-order valence-electron chi connectivity index (χ4n) is 4.58. The van der Waals surface area contributed by atoms with E-state index in [4.69, 9.17) is 9.72 Å². The molecule has 4 rings (SSSR count). The van der Waals surface area contributed by atoms with Crippen LogP contribution in [0.2, 0.25) is 0 Å². The van der Waals surface area contributed by atoms with E-state index in [1.54, 1.807) is 6.20 Å². The molecular formula is C25H35N5O2. The van der Waals surface area contributed by atoms with Gasteiger partial charge in [-0.15, -0.1) is 0 Å². The van der Waals surface area contributed by atoms with E-state index >= 15 is 0 Å². The van der Waals surface area contributed by atoms with Gasteiger partial charge in [0.25, 0.3) is 0 Å². The maximum Gasteiger partial charge on any atom is 0.229 e. The van der Waals surface area contributed by atoms with Gasteiger partial charge in [0.05, 0.1) is 17.2 Å². The summed E-state index contributed by atoms with van der Waals surface area (Å²) >= 11 is 0. The van der Waals surface area contributed by atoms with Crippen molar-refractivity contribution in [1.29, 1.82) is 0 Å². The summed E-state index contributed by atoms with van der Waals surface area (Å²) in [4.78, 5) is 21.8. The van der Waals surface area contributed by atoms with Crippen molar-refractivity contribution in [2.45, 2.75) is 58.1 Å². The van der Waals surface area contributed by atoms with Gasteiger partial charge in [-0.3, -0.25) is 4.79 Å². The SMILES string of the molecule is C[C@H]1CC[C@H](C(=O)Nc2cc(-c3cccc(NC[C@@H]4CCOC(C)(C)C4)n3)ccn2)CN1. The predicted molar refractivity (Wildman–Crippen MR) is 128 cm³/mol. The second kappa shape index (κ2) is 9.96. The molecule has 2 saturated heterocycles. The smallest absolute Gasteiger partial charge is 0.229 e. The number of pyridine rings is 2. The van der Waals surface area contributed by atoms with Crippen molar-refractivity contribution in [2.24, 2.45) is 11.8 Å². The molecule has 2 aliphatic heterocycles. The Labute approximate surface area is 190 Å². The zero-order chi connectivity index (χ0) is 22.6. The molecule has 2 aliphatic rings. The molecule has 0 saturated carbocycles. The number of nitrogens with one attached hydrogen (secondary N) is 3. The molecule has 3 N–H and O–H groups in total. The Bertz CT molecular complexity index is 924. The summed E-state index contributed by atoms with van der Waals surface area (Å²) in [7, 11) is 0. The van der Waals surface area contributed by atoms with E-state index in [-0.39, 0.29) is 17.4 Å². The van der Waals surface area contributed by atoms with Gasteiger partial charge in [0.1, 0.15) is 11.6 Å². The van der Waals surface area contributed by atoms with Crippen molar-refractivity contribution in [2.75, 3.05) is 30.3 Å². The highest BCUT2D eigenvalue weighted by molar-refractivity contribution is 5.92. The van der Waals surface area contributed by atoms with E-state index < -0.39 is 0 Å². The number of hydrogen-bond donors (Lipinski definition) is 3. The van der Waals surface area contributed by atoms with Gasteiger partial charge in [-0.1, -0.05) is 6.07 Å². The molecular weight excluding hydrogens is 402 g/mol.